The van der Waals surface area contributed by atoms with E-state index in [2.05, 4.69) is 27.3 Å². The highest BCUT2D eigenvalue weighted by Crippen LogP contribution is 2.17. The molecule has 2 rings (SSSR count). The van der Waals surface area contributed by atoms with Crippen molar-refractivity contribution in [3.05, 3.63) is 57.7 Å². The molecule has 5 nitrogen and oxygen atoms in total. The highest BCUT2D eigenvalue weighted by molar-refractivity contribution is 14.1. The van der Waals surface area contributed by atoms with E-state index in [1.165, 1.54) is 24.3 Å². The summed E-state index contributed by atoms with van der Waals surface area (Å²) in [6.45, 7) is 0. The van der Waals surface area contributed by atoms with Gasteiger partial charge < -0.3 is 5.73 Å². The second-order valence-corrected chi connectivity index (χ2v) is 6.93. The number of hydrogen-bond donors (Lipinski definition) is 2. The fourth-order valence-electron chi connectivity index (χ4n) is 1.53. The second-order valence-electron chi connectivity index (χ2n) is 4.00. The first kappa shape index (κ1) is 14.8. The molecular weight excluding hydrogens is 391 g/mol. The maximum absolute atomic E-state index is 12.1. The summed E-state index contributed by atoms with van der Waals surface area (Å²) in [6.07, 6.45) is 0. The lowest BCUT2D eigenvalue weighted by atomic mass is 10.2. The van der Waals surface area contributed by atoms with Crippen LogP contribution in [0, 0.1) is 3.57 Å². The lowest BCUT2D eigenvalue weighted by Gasteiger charge is -2.08. The molecule has 2 aromatic carbocycles. The van der Waals surface area contributed by atoms with Crippen LogP contribution in [-0.4, -0.2) is 14.3 Å². The quantitative estimate of drug-likeness (QED) is 0.769. The summed E-state index contributed by atoms with van der Waals surface area (Å²) in [5, 5.41) is 0. The van der Waals surface area contributed by atoms with Crippen molar-refractivity contribution in [3.8, 4) is 0 Å². The number of carbonyl (C=O) groups excluding carboxylic acids is 1. The molecule has 3 N–H and O–H groups in total. The van der Waals surface area contributed by atoms with Gasteiger partial charge in [0.1, 0.15) is 0 Å². The van der Waals surface area contributed by atoms with E-state index in [0.717, 1.165) is 3.57 Å². The van der Waals surface area contributed by atoms with Gasteiger partial charge in [-0.15, -0.1) is 0 Å². The third kappa shape index (κ3) is 3.48. The molecule has 0 aliphatic carbocycles. The minimum atomic E-state index is -3.67. The summed E-state index contributed by atoms with van der Waals surface area (Å²) in [7, 11) is -3.67. The Balaban J connectivity index is 2.26. The number of primary amides is 1. The number of amides is 1. The van der Waals surface area contributed by atoms with Gasteiger partial charge in [0.25, 0.3) is 10.0 Å². The molecule has 20 heavy (non-hydrogen) atoms. The van der Waals surface area contributed by atoms with Crippen molar-refractivity contribution < 1.29 is 13.2 Å². The Morgan fingerprint density at radius 1 is 1.00 bits per heavy atom. The zero-order valence-electron chi connectivity index (χ0n) is 10.2. The molecular formula is C13H11IN2O3S. The first-order valence-electron chi connectivity index (χ1n) is 5.57. The monoisotopic (exact) mass is 402 g/mol. The van der Waals surface area contributed by atoms with Gasteiger partial charge in [0.15, 0.2) is 0 Å². The Hall–Kier alpha value is -1.61. The zero-order valence-corrected chi connectivity index (χ0v) is 13.2. The van der Waals surface area contributed by atoms with E-state index in [0.29, 0.717) is 5.69 Å². The van der Waals surface area contributed by atoms with Crippen LogP contribution < -0.4 is 10.5 Å². The summed E-state index contributed by atoms with van der Waals surface area (Å²) < 4.78 is 27.8. The number of benzene rings is 2. The topological polar surface area (TPSA) is 89.3 Å². The summed E-state index contributed by atoms with van der Waals surface area (Å²) >= 11 is 2.13. The Kier molecular flexibility index (Phi) is 4.29. The van der Waals surface area contributed by atoms with Crippen molar-refractivity contribution in [2.75, 3.05) is 4.72 Å². The van der Waals surface area contributed by atoms with E-state index in [-0.39, 0.29) is 10.5 Å². The fourth-order valence-corrected chi connectivity index (χ4v) is 2.95. The summed E-state index contributed by atoms with van der Waals surface area (Å²) in [5.41, 5.74) is 5.84. The molecule has 0 bridgehead atoms. The second kappa shape index (κ2) is 5.80. The number of nitrogens with one attached hydrogen (secondary N) is 1. The van der Waals surface area contributed by atoms with Crippen molar-refractivity contribution in [2.45, 2.75) is 4.90 Å². The van der Waals surface area contributed by atoms with Gasteiger partial charge in [-0.3, -0.25) is 9.52 Å². The molecule has 7 heteroatoms. The van der Waals surface area contributed by atoms with E-state index in [9.17, 15) is 13.2 Å². The Labute approximate surface area is 130 Å². The fraction of sp³-hybridized carbons (Fsp3) is 0. The maximum Gasteiger partial charge on any atom is 0.261 e. The first-order valence-corrected chi connectivity index (χ1v) is 8.13. The normalized spacial score (nSPS) is 11.1. The maximum atomic E-state index is 12.1. The molecule has 0 fully saturated rings. The van der Waals surface area contributed by atoms with Crippen molar-refractivity contribution in [2.24, 2.45) is 5.73 Å². The van der Waals surface area contributed by atoms with E-state index in [4.69, 9.17) is 5.73 Å². The number of rotatable bonds is 4. The number of sulfonamides is 1. The van der Waals surface area contributed by atoms with Gasteiger partial charge in [-0.1, -0.05) is 0 Å². The van der Waals surface area contributed by atoms with Crippen LogP contribution in [0.25, 0.3) is 0 Å². The van der Waals surface area contributed by atoms with Gasteiger partial charge in [0, 0.05) is 14.8 Å². The van der Waals surface area contributed by atoms with Gasteiger partial charge in [0.05, 0.1) is 4.90 Å². The summed E-state index contributed by atoms with van der Waals surface area (Å²) in [5.74, 6) is -0.598. The summed E-state index contributed by atoms with van der Waals surface area (Å²) in [6, 6.07) is 12.4. The Bertz CT molecular complexity index is 725. The van der Waals surface area contributed by atoms with Gasteiger partial charge in [-0.05, 0) is 71.1 Å². The third-order valence-electron chi connectivity index (χ3n) is 2.55. The van der Waals surface area contributed by atoms with Gasteiger partial charge in [0.2, 0.25) is 5.91 Å². The molecule has 0 unspecified atom stereocenters. The van der Waals surface area contributed by atoms with Gasteiger partial charge >= 0.3 is 0 Å². The van der Waals surface area contributed by atoms with Crippen LogP contribution in [0.2, 0.25) is 0 Å². The Morgan fingerprint density at radius 3 is 2.05 bits per heavy atom. The zero-order chi connectivity index (χ0) is 14.8. The van der Waals surface area contributed by atoms with E-state index in [1.807, 2.05) is 0 Å². The minimum absolute atomic E-state index is 0.0704. The standard InChI is InChI=1S/C13H11IN2O3S/c14-10-3-5-11(6-4-10)16-20(18,19)12-7-1-9(2-8-12)13(15)17/h1-8,16H,(H2,15,17). The smallest absolute Gasteiger partial charge is 0.261 e. The number of anilines is 1. The molecule has 1 amide bonds. The molecule has 0 saturated heterocycles. The van der Waals surface area contributed by atoms with Crippen LogP contribution in [0.15, 0.2) is 53.4 Å². The first-order chi connectivity index (χ1) is 9.38. The van der Waals surface area contributed by atoms with E-state index >= 15 is 0 Å². The van der Waals surface area contributed by atoms with Gasteiger partial charge in [-0.2, -0.15) is 0 Å². The van der Waals surface area contributed by atoms with Crippen LogP contribution in [0.4, 0.5) is 5.69 Å². The largest absolute Gasteiger partial charge is 0.366 e. The Morgan fingerprint density at radius 2 is 1.55 bits per heavy atom. The molecule has 0 saturated carbocycles. The van der Waals surface area contributed by atoms with E-state index in [1.54, 1.807) is 24.3 Å². The van der Waals surface area contributed by atoms with Crippen molar-refractivity contribution in [3.63, 3.8) is 0 Å². The molecule has 0 spiro atoms. The van der Waals surface area contributed by atoms with E-state index < -0.39 is 15.9 Å². The number of halogens is 1. The molecule has 0 heterocycles. The van der Waals surface area contributed by atoms with Crippen LogP contribution >= 0.6 is 22.6 Å². The lowest BCUT2D eigenvalue weighted by molar-refractivity contribution is 0.1000. The van der Waals surface area contributed by atoms with Crippen molar-refractivity contribution in [1.29, 1.82) is 0 Å². The molecule has 2 aromatic rings. The van der Waals surface area contributed by atoms with Crippen molar-refractivity contribution >= 4 is 44.2 Å². The highest BCUT2D eigenvalue weighted by Gasteiger charge is 2.14. The predicted octanol–water partition coefficient (Wildman–Crippen LogP) is 2.19. The van der Waals surface area contributed by atoms with Crippen molar-refractivity contribution in [1.82, 2.24) is 0 Å². The van der Waals surface area contributed by atoms with Crippen LogP contribution in [-0.2, 0) is 10.0 Å². The predicted molar refractivity (Wildman–Crippen MR) is 84.9 cm³/mol. The molecule has 0 aliphatic heterocycles. The average molecular weight is 402 g/mol. The number of hydrogen-bond acceptors (Lipinski definition) is 3. The molecule has 104 valence electrons. The third-order valence-corrected chi connectivity index (χ3v) is 4.66. The van der Waals surface area contributed by atoms with Crippen LogP contribution in [0.1, 0.15) is 10.4 Å². The van der Waals surface area contributed by atoms with Crippen LogP contribution in [0.3, 0.4) is 0 Å². The SMILES string of the molecule is NC(=O)c1ccc(S(=O)(=O)Nc2ccc(I)cc2)cc1. The average Bonchev–Trinajstić information content (AvgIpc) is 2.41. The minimum Gasteiger partial charge on any atom is -0.366 e. The van der Waals surface area contributed by atoms with Gasteiger partial charge in [-0.25, -0.2) is 8.42 Å². The molecule has 0 aromatic heterocycles. The number of carbonyl (C=O) groups is 1. The highest BCUT2D eigenvalue weighted by atomic mass is 127. The number of nitrogens with two attached hydrogens (primary N) is 1. The summed E-state index contributed by atoms with van der Waals surface area (Å²) in [4.78, 5) is 11.0. The van der Waals surface area contributed by atoms with Crippen LogP contribution in [0.5, 0.6) is 0 Å². The molecule has 0 radical (unpaired) electrons. The molecule has 0 aliphatic rings. The lowest BCUT2D eigenvalue weighted by Crippen LogP contribution is -2.14. The molecule has 0 atom stereocenters.